The third-order valence-electron chi connectivity index (χ3n) is 4.59. The minimum atomic E-state index is -0.409. The van der Waals surface area contributed by atoms with Gasteiger partial charge in [0.25, 0.3) is 0 Å². The number of fused-ring (bicyclic) bond motifs is 1. The first-order chi connectivity index (χ1) is 11.6. The molecule has 2 unspecified atom stereocenters. The minimum Gasteiger partial charge on any atom is -0.390 e. The first-order valence-corrected chi connectivity index (χ1v) is 8.82. The highest BCUT2D eigenvalue weighted by molar-refractivity contribution is 6.30. The number of β-amino-alcohol motifs (C(OH)–C–C–N with tert-alkyl or cyclic N) is 1. The van der Waals surface area contributed by atoms with E-state index in [4.69, 9.17) is 11.6 Å². The van der Waals surface area contributed by atoms with Crippen molar-refractivity contribution < 1.29 is 5.11 Å². The number of aliphatic hydroxyl groups is 1. The summed E-state index contributed by atoms with van der Waals surface area (Å²) in [4.78, 5) is 6.41. The number of halogens is 1. The molecule has 0 radical (unpaired) electrons. The molecule has 0 saturated carbocycles. The van der Waals surface area contributed by atoms with Gasteiger partial charge >= 0.3 is 0 Å². The summed E-state index contributed by atoms with van der Waals surface area (Å²) in [5, 5.41) is 14.2. The Kier molecular flexibility index (Phi) is 5.85. The number of hydrogen-bond acceptors (Lipinski definition) is 4. The van der Waals surface area contributed by atoms with E-state index < -0.39 is 6.10 Å². The van der Waals surface area contributed by atoms with Crippen LogP contribution in [0.4, 0.5) is 0 Å². The summed E-state index contributed by atoms with van der Waals surface area (Å²) in [7, 11) is 0. The minimum absolute atomic E-state index is 0.0583. The largest absolute Gasteiger partial charge is 0.390 e. The van der Waals surface area contributed by atoms with Gasteiger partial charge in [-0.2, -0.15) is 0 Å². The van der Waals surface area contributed by atoms with Crippen LogP contribution in [0.25, 0.3) is 0 Å². The van der Waals surface area contributed by atoms with E-state index in [1.165, 1.54) is 11.1 Å². The second-order valence-corrected chi connectivity index (χ2v) is 6.78. The van der Waals surface area contributed by atoms with Crippen molar-refractivity contribution in [2.45, 2.75) is 32.0 Å². The lowest BCUT2D eigenvalue weighted by molar-refractivity contribution is 0.102. The summed E-state index contributed by atoms with van der Waals surface area (Å²) in [5.74, 6) is 0. The normalized spacial score (nSPS) is 17.3. The molecular weight excluding hydrogens is 322 g/mol. The van der Waals surface area contributed by atoms with Crippen molar-refractivity contribution in [1.82, 2.24) is 15.2 Å². The molecule has 0 amide bonds. The zero-order valence-corrected chi connectivity index (χ0v) is 14.7. The van der Waals surface area contributed by atoms with Gasteiger partial charge in [-0.25, -0.2) is 4.98 Å². The van der Waals surface area contributed by atoms with E-state index in [2.05, 4.69) is 39.5 Å². The lowest BCUT2D eigenvalue weighted by atomic mass is 10.00. The number of aromatic nitrogens is 1. The SMILES string of the molecule is CC(NCC(O)CN1CCc2ccccc2C1)c1cccnc1Cl. The zero-order chi connectivity index (χ0) is 16.9. The number of pyridine rings is 1. The van der Waals surface area contributed by atoms with Crippen LogP contribution in [0.15, 0.2) is 42.6 Å². The summed E-state index contributed by atoms with van der Waals surface area (Å²) in [5.41, 5.74) is 3.76. The molecule has 2 atom stereocenters. The number of benzene rings is 1. The molecule has 1 aromatic carbocycles. The van der Waals surface area contributed by atoms with Crippen molar-refractivity contribution in [3.63, 3.8) is 0 Å². The predicted octanol–water partition coefficient (Wildman–Crippen LogP) is 2.80. The van der Waals surface area contributed by atoms with E-state index in [1.807, 2.05) is 19.1 Å². The Morgan fingerprint density at radius 3 is 2.83 bits per heavy atom. The molecule has 1 aromatic heterocycles. The van der Waals surface area contributed by atoms with Gasteiger partial charge in [-0.15, -0.1) is 0 Å². The maximum Gasteiger partial charge on any atom is 0.133 e. The monoisotopic (exact) mass is 345 g/mol. The van der Waals surface area contributed by atoms with Crippen molar-refractivity contribution in [1.29, 1.82) is 0 Å². The Bertz CT molecular complexity index is 679. The lowest BCUT2D eigenvalue weighted by Crippen LogP contribution is -2.41. The van der Waals surface area contributed by atoms with Gasteiger partial charge in [0.05, 0.1) is 6.10 Å². The van der Waals surface area contributed by atoms with E-state index in [9.17, 15) is 5.11 Å². The van der Waals surface area contributed by atoms with Gasteiger partial charge in [0.2, 0.25) is 0 Å². The summed E-state index contributed by atoms with van der Waals surface area (Å²) < 4.78 is 0. The van der Waals surface area contributed by atoms with Gasteiger partial charge in [0.15, 0.2) is 0 Å². The quantitative estimate of drug-likeness (QED) is 0.790. The Hall–Kier alpha value is -1.46. The molecule has 4 nitrogen and oxygen atoms in total. The van der Waals surface area contributed by atoms with Crippen LogP contribution < -0.4 is 5.32 Å². The number of hydrogen-bond donors (Lipinski definition) is 2. The Labute approximate surface area is 148 Å². The predicted molar refractivity (Wildman–Crippen MR) is 97.1 cm³/mol. The van der Waals surface area contributed by atoms with Crippen LogP contribution in [0.2, 0.25) is 5.15 Å². The van der Waals surface area contributed by atoms with Crippen LogP contribution in [-0.4, -0.2) is 40.7 Å². The molecule has 1 aliphatic heterocycles. The van der Waals surface area contributed by atoms with Crippen molar-refractivity contribution >= 4 is 11.6 Å². The fourth-order valence-corrected chi connectivity index (χ4v) is 3.50. The van der Waals surface area contributed by atoms with Gasteiger partial charge < -0.3 is 10.4 Å². The van der Waals surface area contributed by atoms with Crippen molar-refractivity contribution in [2.24, 2.45) is 0 Å². The maximum absolute atomic E-state index is 10.4. The molecule has 3 rings (SSSR count). The molecule has 24 heavy (non-hydrogen) atoms. The third kappa shape index (κ3) is 4.33. The number of aliphatic hydroxyl groups excluding tert-OH is 1. The molecule has 0 spiro atoms. The third-order valence-corrected chi connectivity index (χ3v) is 4.91. The van der Waals surface area contributed by atoms with Gasteiger partial charge in [-0.05, 0) is 30.5 Å². The van der Waals surface area contributed by atoms with Crippen molar-refractivity contribution in [2.75, 3.05) is 19.6 Å². The van der Waals surface area contributed by atoms with E-state index in [-0.39, 0.29) is 6.04 Å². The van der Waals surface area contributed by atoms with Crippen LogP contribution >= 0.6 is 11.6 Å². The fraction of sp³-hybridized carbons (Fsp3) is 0.421. The second kappa shape index (κ2) is 8.08. The molecule has 0 fully saturated rings. The molecule has 0 aliphatic carbocycles. The van der Waals surface area contributed by atoms with Gasteiger partial charge in [0.1, 0.15) is 5.15 Å². The number of rotatable bonds is 6. The molecule has 2 N–H and O–H groups in total. The fourth-order valence-electron chi connectivity index (χ4n) is 3.22. The van der Waals surface area contributed by atoms with Crippen LogP contribution in [0.3, 0.4) is 0 Å². The molecule has 128 valence electrons. The highest BCUT2D eigenvalue weighted by Crippen LogP contribution is 2.20. The average Bonchev–Trinajstić information content (AvgIpc) is 2.60. The van der Waals surface area contributed by atoms with Gasteiger partial charge in [-0.3, -0.25) is 4.90 Å². The van der Waals surface area contributed by atoms with Gasteiger partial charge in [-0.1, -0.05) is 41.9 Å². The molecule has 2 heterocycles. The lowest BCUT2D eigenvalue weighted by Gasteiger charge is -2.30. The van der Waals surface area contributed by atoms with E-state index in [1.54, 1.807) is 6.20 Å². The number of nitrogens with zero attached hydrogens (tertiary/aromatic N) is 2. The van der Waals surface area contributed by atoms with Crippen molar-refractivity contribution in [3.8, 4) is 0 Å². The Morgan fingerprint density at radius 2 is 2.04 bits per heavy atom. The standard InChI is InChI=1S/C19H24ClN3O/c1-14(18-7-4-9-21-19(18)20)22-11-17(24)13-23-10-8-15-5-2-3-6-16(15)12-23/h2-7,9,14,17,22,24H,8,10-13H2,1H3. The maximum atomic E-state index is 10.4. The van der Waals surface area contributed by atoms with E-state index in [0.717, 1.165) is 25.1 Å². The molecular formula is C19H24ClN3O. The summed E-state index contributed by atoms with van der Waals surface area (Å²) in [6.07, 6.45) is 2.33. The molecule has 0 saturated heterocycles. The average molecular weight is 346 g/mol. The molecule has 1 aliphatic rings. The Morgan fingerprint density at radius 1 is 1.25 bits per heavy atom. The van der Waals surface area contributed by atoms with Gasteiger partial charge in [0, 0.05) is 44.0 Å². The van der Waals surface area contributed by atoms with Crippen LogP contribution in [0.1, 0.15) is 29.7 Å². The van der Waals surface area contributed by atoms with Crippen LogP contribution in [0, 0.1) is 0 Å². The smallest absolute Gasteiger partial charge is 0.133 e. The first-order valence-electron chi connectivity index (χ1n) is 8.44. The summed E-state index contributed by atoms with van der Waals surface area (Å²) >= 11 is 6.12. The number of nitrogens with one attached hydrogen (secondary N) is 1. The highest BCUT2D eigenvalue weighted by Gasteiger charge is 2.19. The second-order valence-electron chi connectivity index (χ2n) is 6.42. The van der Waals surface area contributed by atoms with E-state index in [0.29, 0.717) is 18.2 Å². The van der Waals surface area contributed by atoms with E-state index >= 15 is 0 Å². The summed E-state index contributed by atoms with van der Waals surface area (Å²) in [6.45, 7) is 5.15. The summed E-state index contributed by atoms with van der Waals surface area (Å²) in [6, 6.07) is 12.4. The molecule has 5 heteroatoms. The van der Waals surface area contributed by atoms with Crippen molar-refractivity contribution in [3.05, 3.63) is 64.4 Å². The first kappa shape index (κ1) is 17.4. The molecule has 0 bridgehead atoms. The molecule has 2 aromatic rings. The van der Waals surface area contributed by atoms with Crippen LogP contribution in [-0.2, 0) is 13.0 Å². The van der Waals surface area contributed by atoms with Crippen LogP contribution in [0.5, 0.6) is 0 Å². The Balaban J connectivity index is 1.48. The topological polar surface area (TPSA) is 48.4 Å². The highest BCUT2D eigenvalue weighted by atomic mass is 35.5. The zero-order valence-electron chi connectivity index (χ0n) is 14.0.